The number of aromatic amines is 1. The van der Waals surface area contributed by atoms with Gasteiger partial charge < -0.3 is 4.90 Å². The second-order valence-corrected chi connectivity index (χ2v) is 6.67. The standard InChI is InChI=1S/C14H20N4O/c1-18(14(19)13-15-7-16-17-13)12-10-3-8-2-9(5-10)6-11(12)4-8/h7-12H,2-6H2,1H3,(H,15,16,17). The lowest BCUT2D eigenvalue weighted by Gasteiger charge is -2.56. The minimum absolute atomic E-state index is 0.00465. The van der Waals surface area contributed by atoms with E-state index >= 15 is 0 Å². The molecule has 0 unspecified atom stereocenters. The van der Waals surface area contributed by atoms with Gasteiger partial charge in [-0.25, -0.2) is 4.98 Å². The van der Waals surface area contributed by atoms with Crippen LogP contribution in [0.2, 0.25) is 0 Å². The Morgan fingerprint density at radius 2 is 1.84 bits per heavy atom. The van der Waals surface area contributed by atoms with E-state index in [1.54, 1.807) is 0 Å². The Balaban J connectivity index is 1.57. The molecule has 1 amide bonds. The fourth-order valence-electron chi connectivity index (χ4n) is 5.14. The van der Waals surface area contributed by atoms with Crippen LogP contribution in [0.5, 0.6) is 0 Å². The average Bonchev–Trinajstić information content (AvgIpc) is 2.90. The fourth-order valence-corrected chi connectivity index (χ4v) is 5.14. The van der Waals surface area contributed by atoms with Gasteiger partial charge in [0.1, 0.15) is 6.33 Å². The van der Waals surface area contributed by atoms with Crippen LogP contribution in [-0.2, 0) is 0 Å². The summed E-state index contributed by atoms with van der Waals surface area (Å²) in [5.74, 6) is 3.67. The highest BCUT2D eigenvalue weighted by molar-refractivity contribution is 5.90. The Morgan fingerprint density at radius 3 is 2.37 bits per heavy atom. The van der Waals surface area contributed by atoms with E-state index in [0.29, 0.717) is 23.7 Å². The number of carbonyl (C=O) groups is 1. The maximum absolute atomic E-state index is 12.4. The third-order valence-electron chi connectivity index (χ3n) is 5.56. The number of rotatable bonds is 2. The Morgan fingerprint density at radius 1 is 1.21 bits per heavy atom. The van der Waals surface area contributed by atoms with E-state index in [9.17, 15) is 4.79 Å². The van der Waals surface area contributed by atoms with Gasteiger partial charge in [-0.2, -0.15) is 5.10 Å². The van der Waals surface area contributed by atoms with Crippen LogP contribution in [0.1, 0.15) is 42.7 Å². The second-order valence-electron chi connectivity index (χ2n) is 6.67. The fraction of sp³-hybridized carbons (Fsp3) is 0.786. The summed E-state index contributed by atoms with van der Waals surface area (Å²) in [4.78, 5) is 18.4. The normalized spacial score (nSPS) is 39.5. The van der Waals surface area contributed by atoms with Crippen molar-refractivity contribution in [2.24, 2.45) is 23.7 Å². The molecule has 5 rings (SSSR count). The molecule has 1 N–H and O–H groups in total. The number of aromatic nitrogens is 3. The molecule has 0 spiro atoms. The summed E-state index contributed by atoms with van der Waals surface area (Å²) in [6.45, 7) is 0. The van der Waals surface area contributed by atoms with Gasteiger partial charge in [0.25, 0.3) is 5.91 Å². The zero-order valence-electron chi connectivity index (χ0n) is 11.2. The molecule has 102 valence electrons. The Hall–Kier alpha value is -1.39. The Kier molecular flexibility index (Phi) is 2.44. The molecule has 0 saturated heterocycles. The molecule has 0 atom stereocenters. The number of hydrogen-bond acceptors (Lipinski definition) is 3. The molecule has 4 bridgehead atoms. The maximum atomic E-state index is 12.4. The van der Waals surface area contributed by atoms with Crippen molar-refractivity contribution in [2.75, 3.05) is 7.05 Å². The van der Waals surface area contributed by atoms with Crippen LogP contribution >= 0.6 is 0 Å². The van der Waals surface area contributed by atoms with Crippen molar-refractivity contribution in [1.29, 1.82) is 0 Å². The van der Waals surface area contributed by atoms with E-state index in [0.717, 1.165) is 11.8 Å². The summed E-state index contributed by atoms with van der Waals surface area (Å²) in [6.07, 6.45) is 8.15. The molecule has 19 heavy (non-hydrogen) atoms. The van der Waals surface area contributed by atoms with E-state index < -0.39 is 0 Å². The molecule has 4 aliphatic carbocycles. The molecular formula is C14H20N4O. The van der Waals surface area contributed by atoms with Crippen LogP contribution in [-0.4, -0.2) is 39.1 Å². The average molecular weight is 260 g/mol. The summed E-state index contributed by atoms with van der Waals surface area (Å²) < 4.78 is 0. The van der Waals surface area contributed by atoms with E-state index in [-0.39, 0.29) is 5.91 Å². The molecule has 0 radical (unpaired) electrons. The third kappa shape index (κ3) is 1.70. The van der Waals surface area contributed by atoms with Gasteiger partial charge in [-0.05, 0) is 55.8 Å². The van der Waals surface area contributed by atoms with E-state index in [1.165, 1.54) is 38.4 Å². The molecular weight excluding hydrogens is 240 g/mol. The Bertz CT molecular complexity index is 456. The minimum Gasteiger partial charge on any atom is -0.335 e. The number of nitrogens with one attached hydrogen (secondary N) is 1. The zero-order valence-corrected chi connectivity index (χ0v) is 11.2. The van der Waals surface area contributed by atoms with E-state index in [4.69, 9.17) is 0 Å². The molecule has 0 aromatic carbocycles. The summed E-state index contributed by atoms with van der Waals surface area (Å²) in [5.41, 5.74) is 0. The van der Waals surface area contributed by atoms with Crippen LogP contribution in [0.4, 0.5) is 0 Å². The van der Waals surface area contributed by atoms with Crippen molar-refractivity contribution < 1.29 is 4.79 Å². The molecule has 4 saturated carbocycles. The van der Waals surface area contributed by atoms with Crippen LogP contribution in [0.25, 0.3) is 0 Å². The van der Waals surface area contributed by atoms with Crippen LogP contribution in [0, 0.1) is 23.7 Å². The minimum atomic E-state index is -0.00465. The van der Waals surface area contributed by atoms with Crippen molar-refractivity contribution in [3.63, 3.8) is 0 Å². The highest BCUT2D eigenvalue weighted by Crippen LogP contribution is 2.55. The monoisotopic (exact) mass is 260 g/mol. The third-order valence-corrected chi connectivity index (χ3v) is 5.56. The molecule has 1 aromatic heterocycles. The lowest BCUT2D eigenvalue weighted by atomic mass is 9.54. The largest absolute Gasteiger partial charge is 0.335 e. The number of amides is 1. The summed E-state index contributed by atoms with van der Waals surface area (Å²) in [7, 11) is 1.94. The molecule has 5 nitrogen and oxygen atoms in total. The lowest BCUT2D eigenvalue weighted by Crippen LogP contribution is -2.56. The van der Waals surface area contributed by atoms with Gasteiger partial charge in [0.15, 0.2) is 0 Å². The van der Waals surface area contributed by atoms with Gasteiger partial charge in [-0.3, -0.25) is 9.89 Å². The quantitative estimate of drug-likeness (QED) is 0.880. The van der Waals surface area contributed by atoms with Crippen molar-refractivity contribution in [3.8, 4) is 0 Å². The number of nitrogens with zero attached hydrogens (tertiary/aromatic N) is 3. The first-order chi connectivity index (χ1) is 9.22. The van der Waals surface area contributed by atoms with Gasteiger partial charge in [0.05, 0.1) is 0 Å². The zero-order chi connectivity index (χ0) is 13.0. The molecule has 4 fully saturated rings. The summed E-state index contributed by atoms with van der Waals surface area (Å²) in [6, 6.07) is 0.422. The van der Waals surface area contributed by atoms with Crippen LogP contribution < -0.4 is 0 Å². The first kappa shape index (κ1) is 11.4. The van der Waals surface area contributed by atoms with Gasteiger partial charge in [0, 0.05) is 13.1 Å². The topological polar surface area (TPSA) is 61.9 Å². The van der Waals surface area contributed by atoms with Crippen LogP contribution in [0.15, 0.2) is 6.33 Å². The van der Waals surface area contributed by atoms with Crippen molar-refractivity contribution in [3.05, 3.63) is 12.2 Å². The highest BCUT2D eigenvalue weighted by atomic mass is 16.2. The lowest BCUT2D eigenvalue weighted by molar-refractivity contribution is -0.0493. The first-order valence-electron chi connectivity index (χ1n) is 7.35. The van der Waals surface area contributed by atoms with Crippen LogP contribution in [0.3, 0.4) is 0 Å². The number of H-pyrrole nitrogens is 1. The van der Waals surface area contributed by atoms with Gasteiger partial charge >= 0.3 is 0 Å². The SMILES string of the molecule is CN(C(=O)c1ncn[nH]1)C1C2CC3CC(C2)CC1C3. The predicted molar refractivity (Wildman–Crippen MR) is 69.3 cm³/mol. The maximum Gasteiger partial charge on any atom is 0.291 e. The molecule has 4 aliphatic rings. The number of hydrogen-bond donors (Lipinski definition) is 1. The smallest absolute Gasteiger partial charge is 0.291 e. The molecule has 1 heterocycles. The van der Waals surface area contributed by atoms with E-state index in [1.807, 2.05) is 11.9 Å². The second kappa shape index (κ2) is 4.05. The first-order valence-corrected chi connectivity index (χ1v) is 7.35. The van der Waals surface area contributed by atoms with Gasteiger partial charge in [-0.1, -0.05) is 0 Å². The Labute approximate surface area is 112 Å². The van der Waals surface area contributed by atoms with Crippen molar-refractivity contribution in [1.82, 2.24) is 20.1 Å². The summed E-state index contributed by atoms with van der Waals surface area (Å²) >= 11 is 0. The predicted octanol–water partition coefficient (Wildman–Crippen LogP) is 1.70. The van der Waals surface area contributed by atoms with E-state index in [2.05, 4.69) is 15.2 Å². The summed E-state index contributed by atoms with van der Waals surface area (Å²) in [5, 5.41) is 6.47. The molecule has 1 aromatic rings. The number of carbonyl (C=O) groups excluding carboxylic acids is 1. The van der Waals surface area contributed by atoms with Crippen molar-refractivity contribution in [2.45, 2.75) is 38.1 Å². The van der Waals surface area contributed by atoms with Crippen molar-refractivity contribution >= 4 is 5.91 Å². The molecule has 5 heteroatoms. The van der Waals surface area contributed by atoms with Gasteiger partial charge in [-0.15, -0.1) is 0 Å². The highest BCUT2D eigenvalue weighted by Gasteiger charge is 2.50. The van der Waals surface area contributed by atoms with Gasteiger partial charge in [0.2, 0.25) is 5.82 Å². The molecule has 0 aliphatic heterocycles.